The summed E-state index contributed by atoms with van der Waals surface area (Å²) in [5, 5.41) is 3.46. The number of carbonyl (C=O) groups is 2. The van der Waals surface area contributed by atoms with E-state index < -0.39 is 28.5 Å². The second-order valence-corrected chi connectivity index (χ2v) is 13.5. The highest BCUT2D eigenvalue weighted by atomic mass is 35.5. The fourth-order valence-corrected chi connectivity index (χ4v) is 5.91. The lowest BCUT2D eigenvalue weighted by Gasteiger charge is -2.34. The Morgan fingerprint density at radius 2 is 1.43 bits per heavy atom. The fraction of sp³-hybridized carbons (Fsp3) is 0.278. The quantitative estimate of drug-likeness (QED) is 0.163. The molecule has 4 rings (SSSR count). The molecule has 0 radical (unpaired) electrons. The average molecular weight is 662 g/mol. The fourth-order valence-electron chi connectivity index (χ4n) is 4.87. The van der Waals surface area contributed by atoms with Crippen LogP contribution in [-0.4, -0.2) is 50.0 Å². The smallest absolute Gasteiger partial charge is 0.244 e. The number of hydrogen-bond acceptors (Lipinski definition) is 5. The first-order chi connectivity index (χ1) is 22.0. The number of anilines is 1. The second kappa shape index (κ2) is 16.3. The van der Waals surface area contributed by atoms with Gasteiger partial charge in [0.1, 0.15) is 24.9 Å². The molecule has 1 N–H and O–H groups in total. The lowest BCUT2D eigenvalue weighted by atomic mass is 10.0. The Morgan fingerprint density at radius 3 is 2.02 bits per heavy atom. The van der Waals surface area contributed by atoms with Crippen molar-refractivity contribution in [3.8, 4) is 5.75 Å². The van der Waals surface area contributed by atoms with Gasteiger partial charge in [0.25, 0.3) is 0 Å². The summed E-state index contributed by atoms with van der Waals surface area (Å²) >= 11 is 6.52. The van der Waals surface area contributed by atoms with Crippen molar-refractivity contribution in [1.29, 1.82) is 0 Å². The molecule has 2 atom stereocenters. The highest BCUT2D eigenvalue weighted by molar-refractivity contribution is 7.92. The molecular weight excluding hydrogens is 622 g/mol. The maximum Gasteiger partial charge on any atom is 0.244 e. The number of sulfonamides is 1. The predicted octanol–water partition coefficient (Wildman–Crippen LogP) is 6.24. The molecule has 4 aromatic carbocycles. The summed E-state index contributed by atoms with van der Waals surface area (Å²) in [6.45, 7) is 3.71. The average Bonchev–Trinajstić information content (AvgIpc) is 3.05. The van der Waals surface area contributed by atoms with Gasteiger partial charge < -0.3 is 15.0 Å². The van der Waals surface area contributed by atoms with Crippen molar-refractivity contribution in [2.75, 3.05) is 17.1 Å². The molecule has 46 heavy (non-hydrogen) atoms. The first-order valence-corrected chi connectivity index (χ1v) is 17.4. The van der Waals surface area contributed by atoms with Crippen molar-refractivity contribution >= 4 is 39.1 Å². The van der Waals surface area contributed by atoms with Crippen LogP contribution in [-0.2, 0) is 39.2 Å². The van der Waals surface area contributed by atoms with Gasteiger partial charge in [0.15, 0.2) is 0 Å². The number of nitrogens with one attached hydrogen (secondary N) is 1. The van der Waals surface area contributed by atoms with Gasteiger partial charge >= 0.3 is 0 Å². The molecule has 0 aliphatic rings. The summed E-state index contributed by atoms with van der Waals surface area (Å²) in [4.78, 5) is 29.5. The molecule has 0 bridgehead atoms. The zero-order valence-corrected chi connectivity index (χ0v) is 27.9. The topological polar surface area (TPSA) is 96.0 Å². The van der Waals surface area contributed by atoms with Crippen molar-refractivity contribution in [2.24, 2.45) is 0 Å². The molecule has 0 aliphatic heterocycles. The van der Waals surface area contributed by atoms with E-state index in [1.54, 1.807) is 48.5 Å². The summed E-state index contributed by atoms with van der Waals surface area (Å²) in [5.74, 6) is -0.322. The zero-order valence-electron chi connectivity index (χ0n) is 26.3. The van der Waals surface area contributed by atoms with Crippen LogP contribution in [0, 0.1) is 0 Å². The maximum atomic E-state index is 14.3. The molecule has 8 nitrogen and oxygen atoms in total. The molecule has 2 unspecified atom stereocenters. The van der Waals surface area contributed by atoms with Gasteiger partial charge in [-0.15, -0.1) is 0 Å². The van der Waals surface area contributed by atoms with Gasteiger partial charge in [-0.3, -0.25) is 13.9 Å². The summed E-state index contributed by atoms with van der Waals surface area (Å²) < 4.78 is 33.1. The van der Waals surface area contributed by atoms with E-state index in [2.05, 4.69) is 5.32 Å². The van der Waals surface area contributed by atoms with Crippen LogP contribution in [0.5, 0.6) is 5.75 Å². The Morgan fingerprint density at radius 1 is 0.848 bits per heavy atom. The van der Waals surface area contributed by atoms with Crippen LogP contribution in [0.1, 0.15) is 37.0 Å². The number of nitrogens with zero attached hydrogens (tertiary/aromatic N) is 2. The van der Waals surface area contributed by atoms with Gasteiger partial charge in [-0.1, -0.05) is 97.4 Å². The highest BCUT2D eigenvalue weighted by Gasteiger charge is 2.33. The first-order valence-electron chi connectivity index (χ1n) is 15.2. The van der Waals surface area contributed by atoms with Gasteiger partial charge in [0, 0.05) is 24.0 Å². The van der Waals surface area contributed by atoms with Crippen molar-refractivity contribution < 1.29 is 22.7 Å². The molecule has 0 saturated heterocycles. The summed E-state index contributed by atoms with van der Waals surface area (Å²) in [7, 11) is -3.91. The van der Waals surface area contributed by atoms with Crippen LogP contribution in [0.4, 0.5) is 5.69 Å². The number of halogens is 1. The third kappa shape index (κ3) is 9.83. The molecule has 0 heterocycles. The zero-order chi connectivity index (χ0) is 33.1. The Labute approximate surface area is 277 Å². The monoisotopic (exact) mass is 661 g/mol. The van der Waals surface area contributed by atoms with Crippen molar-refractivity contribution in [2.45, 2.75) is 51.9 Å². The molecule has 0 aliphatic carbocycles. The standard InChI is InChI=1S/C36H40ClN3O5S/c1-4-27(2)38-36(42)34(23-28-13-7-5-8-14-28)39(24-30-17-11-12-18-33(30)37)35(41)25-40(46(3,43)44)31-19-21-32(22-20-31)45-26-29-15-9-6-10-16-29/h5-22,27,34H,4,23-26H2,1-3H3,(H,38,42). The minimum Gasteiger partial charge on any atom is -0.489 e. The van der Waals surface area contributed by atoms with Crippen molar-refractivity contribution in [3.05, 3.63) is 131 Å². The lowest BCUT2D eigenvalue weighted by molar-refractivity contribution is -0.140. The van der Waals surface area contributed by atoms with E-state index in [4.69, 9.17) is 16.3 Å². The van der Waals surface area contributed by atoms with Gasteiger partial charge in [-0.05, 0) is 60.4 Å². The van der Waals surface area contributed by atoms with Gasteiger partial charge in [-0.2, -0.15) is 0 Å². The van der Waals surface area contributed by atoms with Crippen molar-refractivity contribution in [1.82, 2.24) is 10.2 Å². The Hall–Kier alpha value is -4.34. The number of rotatable bonds is 15. The van der Waals surface area contributed by atoms with E-state index in [9.17, 15) is 18.0 Å². The van der Waals surface area contributed by atoms with Crippen LogP contribution in [0.2, 0.25) is 5.02 Å². The second-order valence-electron chi connectivity index (χ2n) is 11.2. The van der Waals surface area contributed by atoms with Crippen LogP contribution < -0.4 is 14.4 Å². The van der Waals surface area contributed by atoms with E-state index in [1.165, 1.54) is 4.90 Å². The van der Waals surface area contributed by atoms with Crippen LogP contribution >= 0.6 is 11.6 Å². The van der Waals surface area contributed by atoms with E-state index in [0.717, 1.165) is 21.7 Å². The molecule has 0 spiro atoms. The third-order valence-corrected chi connectivity index (χ3v) is 9.13. The van der Waals surface area contributed by atoms with Crippen LogP contribution in [0.3, 0.4) is 0 Å². The molecular formula is C36H40ClN3O5S. The lowest BCUT2D eigenvalue weighted by Crippen LogP contribution is -2.54. The van der Waals surface area contributed by atoms with Crippen LogP contribution in [0.15, 0.2) is 109 Å². The largest absolute Gasteiger partial charge is 0.489 e. The van der Waals surface area contributed by atoms with E-state index in [-0.39, 0.29) is 24.9 Å². The van der Waals surface area contributed by atoms with E-state index in [1.807, 2.05) is 74.5 Å². The highest BCUT2D eigenvalue weighted by Crippen LogP contribution is 2.25. The molecule has 0 fully saturated rings. The molecule has 242 valence electrons. The van der Waals surface area contributed by atoms with Crippen LogP contribution in [0.25, 0.3) is 0 Å². The predicted molar refractivity (Wildman–Crippen MR) is 183 cm³/mol. The third-order valence-electron chi connectivity index (χ3n) is 7.62. The summed E-state index contributed by atoms with van der Waals surface area (Å²) in [6.07, 6.45) is 1.98. The van der Waals surface area contributed by atoms with Gasteiger partial charge in [-0.25, -0.2) is 8.42 Å². The van der Waals surface area contributed by atoms with Gasteiger partial charge in [0.05, 0.1) is 11.9 Å². The number of benzene rings is 4. The first kappa shape index (κ1) is 34.5. The Bertz CT molecular complexity index is 1690. The summed E-state index contributed by atoms with van der Waals surface area (Å²) in [5.41, 5.74) is 2.79. The minimum absolute atomic E-state index is 0.00774. The number of ether oxygens (including phenoxy) is 1. The number of carbonyl (C=O) groups excluding carboxylic acids is 2. The van der Waals surface area contributed by atoms with E-state index >= 15 is 0 Å². The molecule has 10 heteroatoms. The van der Waals surface area contributed by atoms with E-state index in [0.29, 0.717) is 35.1 Å². The van der Waals surface area contributed by atoms with Gasteiger partial charge in [0.2, 0.25) is 21.8 Å². The number of hydrogen-bond donors (Lipinski definition) is 1. The number of amides is 2. The Kier molecular flexibility index (Phi) is 12.2. The minimum atomic E-state index is -3.91. The SMILES string of the molecule is CCC(C)NC(=O)C(Cc1ccccc1)N(Cc1ccccc1Cl)C(=O)CN(c1ccc(OCc2ccccc2)cc1)S(C)(=O)=O. The Balaban J connectivity index is 1.65. The molecule has 4 aromatic rings. The molecule has 0 saturated carbocycles. The molecule has 2 amide bonds. The maximum absolute atomic E-state index is 14.3. The summed E-state index contributed by atoms with van der Waals surface area (Å²) in [6, 6.07) is 31.7. The normalized spacial score (nSPS) is 12.5. The molecule has 0 aromatic heterocycles. The van der Waals surface area contributed by atoms with Crippen molar-refractivity contribution in [3.63, 3.8) is 0 Å².